The second-order valence-corrected chi connectivity index (χ2v) is 6.31. The molecule has 1 amide bonds. The number of anilines is 1. The molecule has 136 valence electrons. The Morgan fingerprint density at radius 2 is 2.08 bits per heavy atom. The molecule has 0 aromatic heterocycles. The van der Waals surface area contributed by atoms with Crippen LogP contribution in [-0.4, -0.2) is 44.0 Å². The molecule has 0 bridgehead atoms. The molecule has 2 aromatic rings. The number of aliphatic imine (C=N–C) groups is 1. The van der Waals surface area contributed by atoms with E-state index >= 15 is 0 Å². The Balaban J connectivity index is 1.55. The Morgan fingerprint density at radius 3 is 2.85 bits per heavy atom. The molecular formula is C20H23FN4O. The standard InChI is InChI=1S/C20H23FN4O/c1-22-20(24(2)14-15-6-5-8-17(21)12-15)23-10-11-25-18-9-4-3-7-16(18)13-19(25)26/h3-9,12H,10-11,13-14H2,1-2H3,(H,22,23). The third-order valence-electron chi connectivity index (χ3n) is 4.43. The maximum absolute atomic E-state index is 13.3. The van der Waals surface area contributed by atoms with Gasteiger partial charge in [0.1, 0.15) is 5.82 Å². The minimum atomic E-state index is -0.245. The monoisotopic (exact) mass is 354 g/mol. The summed E-state index contributed by atoms with van der Waals surface area (Å²) in [5.41, 5.74) is 2.94. The van der Waals surface area contributed by atoms with Crippen LogP contribution >= 0.6 is 0 Å². The molecule has 1 heterocycles. The summed E-state index contributed by atoms with van der Waals surface area (Å²) < 4.78 is 13.3. The van der Waals surface area contributed by atoms with E-state index in [1.807, 2.05) is 47.2 Å². The van der Waals surface area contributed by atoms with Crippen molar-refractivity contribution >= 4 is 17.6 Å². The molecule has 0 aliphatic carbocycles. The number of para-hydroxylation sites is 1. The van der Waals surface area contributed by atoms with Gasteiger partial charge in [-0.1, -0.05) is 30.3 Å². The number of guanidine groups is 1. The summed E-state index contributed by atoms with van der Waals surface area (Å²) in [5, 5.41) is 3.27. The van der Waals surface area contributed by atoms with Gasteiger partial charge in [0.2, 0.25) is 5.91 Å². The van der Waals surface area contributed by atoms with Gasteiger partial charge in [-0.05, 0) is 29.3 Å². The fraction of sp³-hybridized carbons (Fsp3) is 0.300. The number of hydrogen-bond donors (Lipinski definition) is 1. The van der Waals surface area contributed by atoms with Crippen molar-refractivity contribution in [3.63, 3.8) is 0 Å². The second-order valence-electron chi connectivity index (χ2n) is 6.31. The molecule has 1 aliphatic rings. The van der Waals surface area contributed by atoms with Gasteiger partial charge in [0.05, 0.1) is 6.42 Å². The topological polar surface area (TPSA) is 47.9 Å². The lowest BCUT2D eigenvalue weighted by Gasteiger charge is -2.24. The molecule has 0 atom stereocenters. The summed E-state index contributed by atoms with van der Waals surface area (Å²) in [6.07, 6.45) is 0.463. The molecule has 0 spiro atoms. The number of carbonyl (C=O) groups is 1. The first-order chi connectivity index (χ1) is 12.6. The maximum Gasteiger partial charge on any atom is 0.231 e. The van der Waals surface area contributed by atoms with Crippen molar-refractivity contribution in [1.29, 1.82) is 0 Å². The van der Waals surface area contributed by atoms with E-state index in [1.54, 1.807) is 13.1 Å². The van der Waals surface area contributed by atoms with Crippen LogP contribution in [0.25, 0.3) is 0 Å². The summed E-state index contributed by atoms with van der Waals surface area (Å²) in [6, 6.07) is 14.4. The minimum Gasteiger partial charge on any atom is -0.354 e. The Hall–Kier alpha value is -2.89. The van der Waals surface area contributed by atoms with Crippen LogP contribution in [0.3, 0.4) is 0 Å². The first kappa shape index (κ1) is 17.9. The Kier molecular flexibility index (Phi) is 5.51. The van der Waals surface area contributed by atoms with Gasteiger partial charge in [0.25, 0.3) is 0 Å². The normalized spacial score (nSPS) is 13.7. The lowest BCUT2D eigenvalue weighted by molar-refractivity contribution is -0.117. The molecular weight excluding hydrogens is 331 g/mol. The highest BCUT2D eigenvalue weighted by molar-refractivity contribution is 6.01. The van der Waals surface area contributed by atoms with E-state index in [-0.39, 0.29) is 11.7 Å². The summed E-state index contributed by atoms with van der Waals surface area (Å²) in [7, 11) is 3.61. The van der Waals surface area contributed by atoms with Crippen molar-refractivity contribution in [2.45, 2.75) is 13.0 Å². The van der Waals surface area contributed by atoms with E-state index < -0.39 is 0 Å². The van der Waals surface area contributed by atoms with Gasteiger partial charge in [-0.25, -0.2) is 4.39 Å². The van der Waals surface area contributed by atoms with Crippen molar-refractivity contribution < 1.29 is 9.18 Å². The molecule has 2 aromatic carbocycles. The predicted octanol–water partition coefficient (Wildman–Crippen LogP) is 2.42. The van der Waals surface area contributed by atoms with Crippen LogP contribution in [0.4, 0.5) is 10.1 Å². The highest BCUT2D eigenvalue weighted by Gasteiger charge is 2.26. The summed E-state index contributed by atoms with van der Waals surface area (Å²) >= 11 is 0. The zero-order valence-electron chi connectivity index (χ0n) is 15.1. The number of nitrogens with zero attached hydrogens (tertiary/aromatic N) is 3. The van der Waals surface area contributed by atoms with E-state index in [1.165, 1.54) is 12.1 Å². The molecule has 6 heteroatoms. The van der Waals surface area contributed by atoms with Crippen LogP contribution in [0.1, 0.15) is 11.1 Å². The lowest BCUT2D eigenvalue weighted by atomic mass is 10.2. The van der Waals surface area contributed by atoms with Gasteiger partial charge >= 0.3 is 0 Å². The minimum absolute atomic E-state index is 0.121. The molecule has 0 saturated carbocycles. The van der Waals surface area contributed by atoms with Crippen molar-refractivity contribution in [3.8, 4) is 0 Å². The molecule has 5 nitrogen and oxygen atoms in total. The molecule has 26 heavy (non-hydrogen) atoms. The van der Waals surface area contributed by atoms with Crippen molar-refractivity contribution in [3.05, 3.63) is 65.5 Å². The molecule has 0 saturated heterocycles. The SMILES string of the molecule is CN=C(NCCN1C(=O)Cc2ccccc21)N(C)Cc1cccc(F)c1. The van der Waals surface area contributed by atoms with E-state index in [9.17, 15) is 9.18 Å². The summed E-state index contributed by atoms with van der Waals surface area (Å²) in [5.74, 6) is 0.579. The third kappa shape index (κ3) is 4.02. The number of carbonyl (C=O) groups excluding carboxylic acids is 1. The molecule has 0 fully saturated rings. The van der Waals surface area contributed by atoms with Gasteiger partial charge in [0.15, 0.2) is 5.96 Å². The average molecular weight is 354 g/mol. The van der Waals surface area contributed by atoms with Crippen molar-refractivity contribution in [2.24, 2.45) is 4.99 Å². The smallest absolute Gasteiger partial charge is 0.231 e. The van der Waals surface area contributed by atoms with Crippen LogP contribution < -0.4 is 10.2 Å². The van der Waals surface area contributed by atoms with E-state index in [2.05, 4.69) is 10.3 Å². The van der Waals surface area contributed by atoms with Gasteiger partial charge in [-0.3, -0.25) is 9.79 Å². The van der Waals surface area contributed by atoms with Crippen molar-refractivity contribution in [2.75, 3.05) is 32.1 Å². The molecule has 3 rings (SSSR count). The van der Waals surface area contributed by atoms with Crippen LogP contribution in [0.15, 0.2) is 53.5 Å². The van der Waals surface area contributed by atoms with Crippen LogP contribution in [0, 0.1) is 5.82 Å². The van der Waals surface area contributed by atoms with E-state index in [4.69, 9.17) is 0 Å². The zero-order valence-corrected chi connectivity index (χ0v) is 15.1. The Morgan fingerprint density at radius 1 is 1.27 bits per heavy atom. The molecule has 0 radical (unpaired) electrons. The quantitative estimate of drug-likeness (QED) is 0.663. The number of fused-ring (bicyclic) bond motifs is 1. The van der Waals surface area contributed by atoms with Crippen LogP contribution in [-0.2, 0) is 17.8 Å². The van der Waals surface area contributed by atoms with Gasteiger partial charge < -0.3 is 15.1 Å². The summed E-state index contributed by atoms with van der Waals surface area (Å²) in [6.45, 7) is 1.70. The van der Waals surface area contributed by atoms with E-state index in [0.29, 0.717) is 32.0 Å². The average Bonchev–Trinajstić information content (AvgIpc) is 2.94. The first-order valence-corrected chi connectivity index (χ1v) is 8.63. The second kappa shape index (κ2) is 7.99. The van der Waals surface area contributed by atoms with Gasteiger partial charge in [0, 0.05) is 39.4 Å². The fourth-order valence-corrected chi connectivity index (χ4v) is 3.21. The Bertz CT molecular complexity index is 821. The predicted molar refractivity (Wildman–Crippen MR) is 102 cm³/mol. The highest BCUT2D eigenvalue weighted by atomic mass is 19.1. The largest absolute Gasteiger partial charge is 0.354 e. The number of benzene rings is 2. The molecule has 1 N–H and O–H groups in total. The van der Waals surface area contributed by atoms with Crippen LogP contribution in [0.2, 0.25) is 0 Å². The highest BCUT2D eigenvalue weighted by Crippen LogP contribution is 2.27. The Labute approximate surface area is 153 Å². The van der Waals surface area contributed by atoms with Gasteiger partial charge in [-0.15, -0.1) is 0 Å². The zero-order chi connectivity index (χ0) is 18.5. The number of rotatable bonds is 5. The molecule has 1 aliphatic heterocycles. The molecule has 0 unspecified atom stereocenters. The number of amides is 1. The maximum atomic E-state index is 13.3. The van der Waals surface area contributed by atoms with E-state index in [0.717, 1.165) is 16.8 Å². The van der Waals surface area contributed by atoms with Crippen LogP contribution in [0.5, 0.6) is 0 Å². The summed E-state index contributed by atoms with van der Waals surface area (Å²) in [4.78, 5) is 20.2. The third-order valence-corrected chi connectivity index (χ3v) is 4.43. The van der Waals surface area contributed by atoms with Gasteiger partial charge in [-0.2, -0.15) is 0 Å². The lowest BCUT2D eigenvalue weighted by Crippen LogP contribution is -2.42. The fourth-order valence-electron chi connectivity index (χ4n) is 3.21. The number of halogens is 1. The first-order valence-electron chi connectivity index (χ1n) is 8.63. The van der Waals surface area contributed by atoms with Crippen molar-refractivity contribution in [1.82, 2.24) is 10.2 Å². The number of nitrogens with one attached hydrogen (secondary N) is 1. The number of hydrogen-bond acceptors (Lipinski definition) is 2.